The number of fused-ring (bicyclic) bond motifs is 1. The molecular weight excluding hydrogens is 145 g/mol. The standard InChI is InChI=1S/C6H11BNOS/c1-6(2)5-3-9-7-8(5)4-10-6/h5H,3-4H2,1-2H3/t5-/m0/s1. The molecule has 10 heavy (non-hydrogen) atoms. The van der Waals surface area contributed by atoms with E-state index in [4.69, 9.17) is 4.65 Å². The minimum absolute atomic E-state index is 0.382. The van der Waals surface area contributed by atoms with Crippen LogP contribution < -0.4 is 0 Å². The van der Waals surface area contributed by atoms with Crippen molar-refractivity contribution < 1.29 is 4.65 Å². The summed E-state index contributed by atoms with van der Waals surface area (Å²) in [4.78, 5) is 2.28. The molecule has 0 unspecified atom stereocenters. The van der Waals surface area contributed by atoms with Crippen LogP contribution in [-0.2, 0) is 4.65 Å². The maximum absolute atomic E-state index is 5.23. The SMILES string of the molecule is CC1(C)SCN2[B]OC[C@H]21. The van der Waals surface area contributed by atoms with Gasteiger partial charge in [0.1, 0.15) is 0 Å². The zero-order chi connectivity index (χ0) is 7.19. The van der Waals surface area contributed by atoms with Gasteiger partial charge in [0, 0.05) is 23.3 Å². The van der Waals surface area contributed by atoms with Crippen LogP contribution >= 0.6 is 11.8 Å². The zero-order valence-electron chi connectivity index (χ0n) is 6.33. The van der Waals surface area contributed by atoms with Crippen molar-refractivity contribution in [3.05, 3.63) is 0 Å². The number of nitrogens with zero attached hydrogens (tertiary/aromatic N) is 1. The van der Waals surface area contributed by atoms with Gasteiger partial charge in [0.15, 0.2) is 0 Å². The third-order valence-electron chi connectivity index (χ3n) is 2.25. The Hall–Kier alpha value is 0.335. The van der Waals surface area contributed by atoms with Crippen molar-refractivity contribution >= 4 is 19.4 Å². The number of thioether (sulfide) groups is 1. The van der Waals surface area contributed by atoms with Crippen LogP contribution in [0.3, 0.4) is 0 Å². The van der Waals surface area contributed by atoms with Gasteiger partial charge in [-0.05, 0) is 13.8 Å². The lowest BCUT2D eigenvalue weighted by molar-refractivity contribution is 0.302. The molecular formula is C6H11BNOS. The van der Waals surface area contributed by atoms with Gasteiger partial charge in [-0.3, -0.25) is 0 Å². The largest absolute Gasteiger partial charge is 0.422 e. The lowest BCUT2D eigenvalue weighted by Crippen LogP contribution is -2.37. The fourth-order valence-electron chi connectivity index (χ4n) is 1.46. The summed E-state index contributed by atoms with van der Waals surface area (Å²) in [7, 11) is 1.87. The van der Waals surface area contributed by atoms with Crippen molar-refractivity contribution in [1.82, 2.24) is 4.81 Å². The van der Waals surface area contributed by atoms with Crippen molar-refractivity contribution in [1.29, 1.82) is 0 Å². The summed E-state index contributed by atoms with van der Waals surface area (Å²) >= 11 is 2.01. The molecule has 2 heterocycles. The monoisotopic (exact) mass is 156 g/mol. The Bertz CT molecular complexity index is 153. The van der Waals surface area contributed by atoms with E-state index < -0.39 is 0 Å². The maximum atomic E-state index is 5.23. The average molecular weight is 156 g/mol. The molecule has 2 aliphatic heterocycles. The molecule has 2 aliphatic rings. The molecule has 2 nitrogen and oxygen atoms in total. The van der Waals surface area contributed by atoms with E-state index in [1.165, 1.54) is 0 Å². The molecule has 1 atom stereocenters. The van der Waals surface area contributed by atoms with Crippen molar-refractivity contribution in [2.24, 2.45) is 0 Å². The van der Waals surface area contributed by atoms with Crippen LogP contribution in [0.5, 0.6) is 0 Å². The van der Waals surface area contributed by atoms with E-state index in [2.05, 4.69) is 18.7 Å². The van der Waals surface area contributed by atoms with Gasteiger partial charge < -0.3 is 9.47 Å². The predicted molar refractivity (Wildman–Crippen MR) is 43.9 cm³/mol. The van der Waals surface area contributed by atoms with Gasteiger partial charge in [-0.15, -0.1) is 11.8 Å². The highest BCUT2D eigenvalue weighted by Gasteiger charge is 2.44. The van der Waals surface area contributed by atoms with Gasteiger partial charge in [0.2, 0.25) is 0 Å². The minimum Gasteiger partial charge on any atom is -0.422 e. The van der Waals surface area contributed by atoms with E-state index in [1.807, 2.05) is 19.4 Å². The summed E-state index contributed by atoms with van der Waals surface area (Å²) in [5, 5.41) is 0. The Morgan fingerprint density at radius 2 is 2.50 bits per heavy atom. The number of hydrogen-bond donors (Lipinski definition) is 0. The Labute approximate surface area is 66.6 Å². The summed E-state index contributed by atoms with van der Waals surface area (Å²) < 4.78 is 5.62. The summed E-state index contributed by atoms with van der Waals surface area (Å²) in [5.74, 6) is 1.09. The third kappa shape index (κ3) is 0.899. The topological polar surface area (TPSA) is 12.5 Å². The Kier molecular flexibility index (Phi) is 1.51. The second kappa shape index (κ2) is 2.16. The molecule has 2 rings (SSSR count). The molecule has 0 aromatic carbocycles. The molecule has 0 saturated carbocycles. The van der Waals surface area contributed by atoms with Crippen molar-refractivity contribution in [3.8, 4) is 0 Å². The highest BCUT2D eigenvalue weighted by atomic mass is 32.2. The van der Waals surface area contributed by atoms with E-state index in [0.717, 1.165) is 12.5 Å². The summed E-state index contributed by atoms with van der Waals surface area (Å²) in [6.45, 7) is 5.44. The first-order valence-corrected chi connectivity index (χ1v) is 4.53. The Morgan fingerprint density at radius 1 is 1.70 bits per heavy atom. The summed E-state index contributed by atoms with van der Waals surface area (Å²) in [6, 6.07) is 0.609. The molecule has 2 saturated heterocycles. The lowest BCUT2D eigenvalue weighted by atomic mass is 10.0. The maximum Gasteiger partial charge on any atom is 0.399 e. The lowest BCUT2D eigenvalue weighted by Gasteiger charge is -2.23. The molecule has 1 radical (unpaired) electrons. The molecule has 0 N–H and O–H groups in total. The van der Waals surface area contributed by atoms with Gasteiger partial charge >= 0.3 is 7.62 Å². The summed E-state index contributed by atoms with van der Waals surface area (Å²) in [6.07, 6.45) is 0. The van der Waals surface area contributed by atoms with Crippen LogP contribution in [0, 0.1) is 0 Å². The Morgan fingerprint density at radius 3 is 3.20 bits per heavy atom. The quantitative estimate of drug-likeness (QED) is 0.479. The first-order valence-electron chi connectivity index (χ1n) is 3.55. The van der Waals surface area contributed by atoms with Crippen LogP contribution in [0.15, 0.2) is 0 Å². The second-order valence-corrected chi connectivity index (χ2v) is 4.94. The van der Waals surface area contributed by atoms with Crippen LogP contribution in [0.25, 0.3) is 0 Å². The molecule has 4 heteroatoms. The van der Waals surface area contributed by atoms with E-state index in [0.29, 0.717) is 10.8 Å². The van der Waals surface area contributed by atoms with Crippen molar-refractivity contribution in [3.63, 3.8) is 0 Å². The Balaban J connectivity index is 2.16. The highest BCUT2D eigenvalue weighted by Crippen LogP contribution is 2.40. The van der Waals surface area contributed by atoms with Gasteiger partial charge in [-0.25, -0.2) is 0 Å². The van der Waals surface area contributed by atoms with E-state index in [1.54, 1.807) is 0 Å². The second-order valence-electron chi connectivity index (χ2n) is 3.35. The molecule has 0 amide bonds. The molecule has 0 aliphatic carbocycles. The molecule has 0 bridgehead atoms. The fraction of sp³-hybridized carbons (Fsp3) is 1.00. The predicted octanol–water partition coefficient (Wildman–Crippen LogP) is 0.704. The van der Waals surface area contributed by atoms with Crippen LogP contribution in [0.1, 0.15) is 13.8 Å². The first-order chi connectivity index (χ1) is 4.70. The van der Waals surface area contributed by atoms with Crippen molar-refractivity contribution in [2.75, 3.05) is 12.5 Å². The van der Waals surface area contributed by atoms with Crippen LogP contribution in [0.2, 0.25) is 0 Å². The molecule has 2 fully saturated rings. The third-order valence-corrected chi connectivity index (χ3v) is 3.70. The minimum atomic E-state index is 0.382. The van der Waals surface area contributed by atoms with Gasteiger partial charge in [0.05, 0.1) is 0 Å². The first kappa shape index (κ1) is 7.01. The van der Waals surface area contributed by atoms with Gasteiger partial charge in [-0.2, -0.15) is 0 Å². The van der Waals surface area contributed by atoms with Crippen LogP contribution in [-0.4, -0.2) is 35.7 Å². The summed E-state index contributed by atoms with van der Waals surface area (Å²) in [5.41, 5.74) is 0. The highest BCUT2D eigenvalue weighted by molar-refractivity contribution is 8.00. The average Bonchev–Trinajstić information content (AvgIpc) is 2.36. The zero-order valence-corrected chi connectivity index (χ0v) is 7.15. The number of rotatable bonds is 0. The fourth-order valence-corrected chi connectivity index (χ4v) is 2.58. The van der Waals surface area contributed by atoms with Crippen LogP contribution in [0.4, 0.5) is 0 Å². The van der Waals surface area contributed by atoms with Crippen molar-refractivity contribution in [2.45, 2.75) is 24.6 Å². The van der Waals surface area contributed by atoms with Gasteiger partial charge in [-0.1, -0.05) is 0 Å². The molecule has 55 valence electrons. The van der Waals surface area contributed by atoms with E-state index in [-0.39, 0.29) is 0 Å². The normalized spacial score (nSPS) is 37.6. The van der Waals surface area contributed by atoms with E-state index in [9.17, 15) is 0 Å². The number of hydrogen-bond acceptors (Lipinski definition) is 3. The van der Waals surface area contributed by atoms with E-state index >= 15 is 0 Å². The smallest absolute Gasteiger partial charge is 0.399 e. The molecule has 0 spiro atoms. The molecule has 0 aromatic heterocycles. The van der Waals surface area contributed by atoms with Gasteiger partial charge in [0.25, 0.3) is 0 Å². The molecule has 0 aromatic rings.